The van der Waals surface area contributed by atoms with E-state index in [0.717, 1.165) is 0 Å². The summed E-state index contributed by atoms with van der Waals surface area (Å²) in [6.45, 7) is 1.69. The molecule has 1 atom stereocenters. The van der Waals surface area contributed by atoms with Crippen molar-refractivity contribution in [1.29, 1.82) is 0 Å². The lowest BCUT2D eigenvalue weighted by Crippen LogP contribution is -2.13. The van der Waals surface area contributed by atoms with E-state index in [1.165, 1.54) is 12.3 Å². The number of carbonyl (C=O) groups is 1. The summed E-state index contributed by atoms with van der Waals surface area (Å²) in [5.74, 6) is -0.858. The van der Waals surface area contributed by atoms with Crippen molar-refractivity contribution in [2.45, 2.75) is 13.0 Å². The quantitative estimate of drug-likeness (QED) is 0.612. The third-order valence-electron chi connectivity index (χ3n) is 1.68. The van der Waals surface area contributed by atoms with Crippen molar-refractivity contribution in [2.75, 3.05) is 5.73 Å². The third kappa shape index (κ3) is 1.94. The largest absolute Gasteiger partial charge is 0.478 e. The van der Waals surface area contributed by atoms with Gasteiger partial charge in [0, 0.05) is 17.8 Å². The van der Waals surface area contributed by atoms with Crippen LogP contribution in [-0.2, 0) is 0 Å². The monoisotopic (exact) mass is 181 g/mol. The van der Waals surface area contributed by atoms with E-state index in [9.17, 15) is 4.79 Å². The first-order valence-electron chi connectivity index (χ1n) is 3.76. The number of nitrogen functional groups attached to an aromatic ring is 1. The lowest BCUT2D eigenvalue weighted by Gasteiger charge is -2.08. The minimum absolute atomic E-state index is 0.113. The van der Waals surface area contributed by atoms with Crippen LogP contribution in [0.5, 0.6) is 0 Å². The second-order valence-corrected chi connectivity index (χ2v) is 2.79. The van der Waals surface area contributed by atoms with Crippen LogP contribution in [0.3, 0.4) is 0 Å². The van der Waals surface area contributed by atoms with Crippen molar-refractivity contribution in [3.63, 3.8) is 0 Å². The highest BCUT2D eigenvalue weighted by atomic mass is 16.4. The molecule has 0 fully saturated rings. The van der Waals surface area contributed by atoms with Gasteiger partial charge in [-0.1, -0.05) is 0 Å². The van der Waals surface area contributed by atoms with Crippen molar-refractivity contribution in [3.05, 3.63) is 23.4 Å². The standard InChI is InChI=1S/C8H11N3O2/c1-4(9)6-3-11-7(10)2-5(6)8(12)13/h2-4H,9H2,1H3,(H2,10,11)(H,12,13). The Balaban J connectivity index is 3.27. The highest BCUT2D eigenvalue weighted by Gasteiger charge is 2.13. The van der Waals surface area contributed by atoms with Crippen molar-refractivity contribution in [1.82, 2.24) is 4.98 Å². The van der Waals surface area contributed by atoms with Crippen LogP contribution in [0.1, 0.15) is 28.9 Å². The van der Waals surface area contributed by atoms with Gasteiger partial charge in [0.2, 0.25) is 0 Å². The molecule has 0 aliphatic heterocycles. The lowest BCUT2D eigenvalue weighted by molar-refractivity contribution is 0.0695. The maximum absolute atomic E-state index is 10.7. The maximum atomic E-state index is 10.7. The summed E-state index contributed by atoms with van der Waals surface area (Å²) in [7, 11) is 0. The molecule has 0 spiro atoms. The van der Waals surface area contributed by atoms with Crippen molar-refractivity contribution >= 4 is 11.8 Å². The average molecular weight is 181 g/mol. The van der Waals surface area contributed by atoms with E-state index in [0.29, 0.717) is 5.56 Å². The minimum atomic E-state index is -1.04. The molecule has 0 aliphatic rings. The number of hydrogen-bond donors (Lipinski definition) is 3. The van der Waals surface area contributed by atoms with Gasteiger partial charge in [-0.25, -0.2) is 9.78 Å². The van der Waals surface area contributed by atoms with Crippen LogP contribution in [-0.4, -0.2) is 16.1 Å². The second kappa shape index (κ2) is 3.40. The highest BCUT2D eigenvalue weighted by Crippen LogP contribution is 2.16. The summed E-state index contributed by atoms with van der Waals surface area (Å²) in [6, 6.07) is 0.945. The number of carboxylic acid groups (broad SMARTS) is 1. The van der Waals surface area contributed by atoms with Gasteiger partial charge in [-0.05, 0) is 13.0 Å². The van der Waals surface area contributed by atoms with Crippen LogP contribution in [0.4, 0.5) is 5.82 Å². The van der Waals surface area contributed by atoms with Gasteiger partial charge in [0.1, 0.15) is 5.82 Å². The van der Waals surface area contributed by atoms with Gasteiger partial charge >= 0.3 is 5.97 Å². The number of nitrogens with two attached hydrogens (primary N) is 2. The number of anilines is 1. The SMILES string of the molecule is CC(N)c1cnc(N)cc1C(=O)O. The molecule has 0 bridgehead atoms. The Kier molecular flexibility index (Phi) is 2.48. The molecule has 1 aromatic heterocycles. The number of nitrogens with zero attached hydrogens (tertiary/aromatic N) is 1. The molecular formula is C8H11N3O2. The fourth-order valence-corrected chi connectivity index (χ4v) is 1.03. The van der Waals surface area contributed by atoms with Gasteiger partial charge in [-0.3, -0.25) is 0 Å². The minimum Gasteiger partial charge on any atom is -0.478 e. The Morgan fingerprint density at radius 1 is 1.69 bits per heavy atom. The molecule has 0 saturated carbocycles. The Hall–Kier alpha value is -1.62. The molecule has 0 amide bonds. The number of rotatable bonds is 2. The normalized spacial score (nSPS) is 12.5. The van der Waals surface area contributed by atoms with Crippen LogP contribution < -0.4 is 11.5 Å². The van der Waals surface area contributed by atoms with Crippen molar-refractivity contribution in [2.24, 2.45) is 5.73 Å². The van der Waals surface area contributed by atoms with Gasteiger partial charge in [-0.15, -0.1) is 0 Å². The lowest BCUT2D eigenvalue weighted by atomic mass is 10.1. The van der Waals surface area contributed by atoms with Crippen LogP contribution >= 0.6 is 0 Å². The van der Waals surface area contributed by atoms with Crippen LogP contribution in [0, 0.1) is 0 Å². The summed E-state index contributed by atoms with van der Waals surface area (Å²) in [5.41, 5.74) is 11.5. The number of aromatic nitrogens is 1. The molecule has 5 heteroatoms. The van der Waals surface area contributed by atoms with Gasteiger partial charge in [0.05, 0.1) is 5.56 Å². The summed E-state index contributed by atoms with van der Waals surface area (Å²) >= 11 is 0. The fourth-order valence-electron chi connectivity index (χ4n) is 1.03. The zero-order chi connectivity index (χ0) is 10.0. The molecule has 1 aromatic rings. The van der Waals surface area contributed by atoms with Gasteiger partial charge in [-0.2, -0.15) is 0 Å². The molecule has 1 rings (SSSR count). The first kappa shape index (κ1) is 9.47. The molecule has 0 saturated heterocycles. The Labute approximate surface area is 75.4 Å². The zero-order valence-corrected chi connectivity index (χ0v) is 7.19. The molecule has 1 heterocycles. The molecule has 13 heavy (non-hydrogen) atoms. The van der Waals surface area contributed by atoms with Crippen LogP contribution in [0.25, 0.3) is 0 Å². The number of carboxylic acids is 1. The van der Waals surface area contributed by atoms with E-state index >= 15 is 0 Å². The van der Waals surface area contributed by atoms with Gasteiger partial charge in [0.25, 0.3) is 0 Å². The first-order chi connectivity index (χ1) is 6.02. The number of hydrogen-bond acceptors (Lipinski definition) is 4. The summed E-state index contributed by atoms with van der Waals surface area (Å²) in [5, 5.41) is 8.80. The third-order valence-corrected chi connectivity index (χ3v) is 1.68. The van der Waals surface area contributed by atoms with Crippen molar-refractivity contribution < 1.29 is 9.90 Å². The molecule has 1 unspecified atom stereocenters. The van der Waals surface area contributed by atoms with Gasteiger partial charge < -0.3 is 16.6 Å². The predicted octanol–water partition coefficient (Wildman–Crippen LogP) is 0.382. The first-order valence-corrected chi connectivity index (χ1v) is 3.76. The van der Waals surface area contributed by atoms with E-state index < -0.39 is 5.97 Å². The zero-order valence-electron chi connectivity index (χ0n) is 7.19. The van der Waals surface area contributed by atoms with Crippen LogP contribution in [0.2, 0.25) is 0 Å². The molecule has 70 valence electrons. The topological polar surface area (TPSA) is 102 Å². The fraction of sp³-hybridized carbons (Fsp3) is 0.250. The van der Waals surface area contributed by atoms with E-state index in [1.807, 2.05) is 0 Å². The molecule has 5 N–H and O–H groups in total. The Morgan fingerprint density at radius 3 is 2.77 bits per heavy atom. The smallest absolute Gasteiger partial charge is 0.336 e. The highest BCUT2D eigenvalue weighted by molar-refractivity contribution is 5.90. The molecule has 0 radical (unpaired) electrons. The van der Waals surface area contributed by atoms with E-state index in [4.69, 9.17) is 16.6 Å². The molecule has 0 aliphatic carbocycles. The van der Waals surface area contributed by atoms with E-state index in [2.05, 4.69) is 4.98 Å². The van der Waals surface area contributed by atoms with Gasteiger partial charge in [0.15, 0.2) is 0 Å². The van der Waals surface area contributed by atoms with Crippen molar-refractivity contribution in [3.8, 4) is 0 Å². The van der Waals surface area contributed by atoms with Crippen LogP contribution in [0.15, 0.2) is 12.3 Å². The Morgan fingerprint density at radius 2 is 2.31 bits per heavy atom. The summed E-state index contributed by atoms with van der Waals surface area (Å²) < 4.78 is 0. The average Bonchev–Trinajstić information content (AvgIpc) is 2.03. The summed E-state index contributed by atoms with van der Waals surface area (Å²) in [4.78, 5) is 14.5. The molecule has 0 aromatic carbocycles. The van der Waals surface area contributed by atoms with E-state index in [-0.39, 0.29) is 17.4 Å². The molecule has 5 nitrogen and oxygen atoms in total. The Bertz CT molecular complexity index is 336. The number of pyridine rings is 1. The second-order valence-electron chi connectivity index (χ2n) is 2.79. The summed E-state index contributed by atoms with van der Waals surface area (Å²) in [6.07, 6.45) is 1.39. The molecular weight excluding hydrogens is 170 g/mol. The number of aromatic carboxylic acids is 1. The predicted molar refractivity (Wildman–Crippen MR) is 48.2 cm³/mol. The maximum Gasteiger partial charge on any atom is 0.336 e. The van der Waals surface area contributed by atoms with E-state index in [1.54, 1.807) is 6.92 Å².